The summed E-state index contributed by atoms with van der Waals surface area (Å²) in [5, 5.41) is 7.70. The van der Waals surface area contributed by atoms with Crippen LogP contribution in [0.15, 0.2) is 30.7 Å². The van der Waals surface area contributed by atoms with Gasteiger partial charge in [0.05, 0.1) is 12.2 Å². The molecule has 98 valence electrons. The van der Waals surface area contributed by atoms with Crippen molar-refractivity contribution in [1.82, 2.24) is 14.6 Å². The Morgan fingerprint density at radius 1 is 1.32 bits per heavy atom. The van der Waals surface area contributed by atoms with Gasteiger partial charge in [-0.3, -0.25) is 0 Å². The molecule has 1 unspecified atom stereocenters. The second kappa shape index (κ2) is 4.66. The number of fused-ring (bicyclic) bond motifs is 1. The molecule has 0 aliphatic heterocycles. The predicted molar refractivity (Wildman–Crippen MR) is 78.8 cm³/mol. The van der Waals surface area contributed by atoms with E-state index in [1.54, 1.807) is 12.4 Å². The molecule has 0 bridgehead atoms. The normalized spacial score (nSPS) is 12.8. The van der Waals surface area contributed by atoms with Gasteiger partial charge in [0, 0.05) is 22.1 Å². The maximum atomic E-state index is 4.41. The molecule has 0 aromatic carbocycles. The highest BCUT2D eigenvalue weighted by atomic mass is 32.1. The first-order chi connectivity index (χ1) is 9.15. The van der Waals surface area contributed by atoms with Crippen LogP contribution in [0.3, 0.4) is 0 Å². The van der Waals surface area contributed by atoms with E-state index in [0.29, 0.717) is 0 Å². The van der Waals surface area contributed by atoms with Crippen LogP contribution in [0.25, 0.3) is 5.52 Å². The summed E-state index contributed by atoms with van der Waals surface area (Å²) >= 11 is 1.84. The van der Waals surface area contributed by atoms with Gasteiger partial charge in [0.2, 0.25) is 0 Å². The minimum absolute atomic E-state index is 0.235. The van der Waals surface area contributed by atoms with Gasteiger partial charge >= 0.3 is 0 Å². The van der Waals surface area contributed by atoms with Crippen molar-refractivity contribution in [3.8, 4) is 0 Å². The van der Waals surface area contributed by atoms with Crippen molar-refractivity contribution in [2.75, 3.05) is 5.32 Å². The van der Waals surface area contributed by atoms with Crippen LogP contribution in [0.1, 0.15) is 28.3 Å². The SMILES string of the molecule is Cc1cc(C(C)Nc2nccn3nccc23)c(C)s1. The Morgan fingerprint density at radius 2 is 2.16 bits per heavy atom. The third-order valence-electron chi connectivity index (χ3n) is 3.22. The first kappa shape index (κ1) is 12.2. The van der Waals surface area contributed by atoms with Crippen molar-refractivity contribution in [3.05, 3.63) is 46.0 Å². The molecule has 0 fully saturated rings. The minimum atomic E-state index is 0.235. The Morgan fingerprint density at radius 3 is 2.89 bits per heavy atom. The fourth-order valence-corrected chi connectivity index (χ4v) is 3.35. The molecule has 1 atom stereocenters. The molecule has 0 spiro atoms. The molecule has 0 aliphatic carbocycles. The highest BCUT2D eigenvalue weighted by Gasteiger charge is 2.13. The summed E-state index contributed by atoms with van der Waals surface area (Å²) in [5.41, 5.74) is 2.34. The van der Waals surface area contributed by atoms with Gasteiger partial charge in [-0.15, -0.1) is 11.3 Å². The minimum Gasteiger partial charge on any atom is -0.362 e. The van der Waals surface area contributed by atoms with E-state index in [1.165, 1.54) is 15.3 Å². The van der Waals surface area contributed by atoms with E-state index in [2.05, 4.69) is 42.2 Å². The van der Waals surface area contributed by atoms with Crippen molar-refractivity contribution < 1.29 is 0 Å². The van der Waals surface area contributed by atoms with Gasteiger partial charge in [0.1, 0.15) is 5.52 Å². The van der Waals surface area contributed by atoms with E-state index in [0.717, 1.165) is 11.3 Å². The van der Waals surface area contributed by atoms with Crippen molar-refractivity contribution in [1.29, 1.82) is 0 Å². The molecule has 0 aliphatic rings. The summed E-state index contributed by atoms with van der Waals surface area (Å²) in [7, 11) is 0. The Labute approximate surface area is 116 Å². The molecule has 4 nitrogen and oxygen atoms in total. The summed E-state index contributed by atoms with van der Waals surface area (Å²) in [6, 6.07) is 4.45. The average molecular weight is 272 g/mol. The summed E-state index contributed by atoms with van der Waals surface area (Å²) in [6.07, 6.45) is 5.40. The van der Waals surface area contributed by atoms with Crippen LogP contribution in [0, 0.1) is 13.8 Å². The second-order valence-electron chi connectivity index (χ2n) is 4.67. The monoisotopic (exact) mass is 272 g/mol. The van der Waals surface area contributed by atoms with Crippen LogP contribution in [0.4, 0.5) is 5.82 Å². The maximum Gasteiger partial charge on any atom is 0.152 e. The summed E-state index contributed by atoms with van der Waals surface area (Å²) in [5.74, 6) is 0.871. The van der Waals surface area contributed by atoms with Crippen LogP contribution in [0.5, 0.6) is 0 Å². The Balaban J connectivity index is 1.92. The molecule has 0 saturated carbocycles. The predicted octanol–water partition coefficient (Wildman–Crippen LogP) is 3.58. The molecular weight excluding hydrogens is 256 g/mol. The highest BCUT2D eigenvalue weighted by molar-refractivity contribution is 7.12. The smallest absolute Gasteiger partial charge is 0.152 e. The molecule has 0 radical (unpaired) electrons. The number of aryl methyl sites for hydroxylation is 2. The lowest BCUT2D eigenvalue weighted by molar-refractivity contribution is 0.864. The average Bonchev–Trinajstić information content (AvgIpc) is 2.96. The quantitative estimate of drug-likeness (QED) is 0.792. The molecular formula is C14H16N4S. The van der Waals surface area contributed by atoms with Crippen LogP contribution >= 0.6 is 11.3 Å². The Hall–Kier alpha value is -1.88. The number of thiophene rings is 1. The Kier molecular flexibility index (Phi) is 2.98. The molecule has 3 heterocycles. The number of hydrogen-bond donors (Lipinski definition) is 1. The zero-order valence-corrected chi connectivity index (χ0v) is 12.0. The first-order valence-electron chi connectivity index (χ1n) is 6.27. The zero-order chi connectivity index (χ0) is 13.4. The van der Waals surface area contributed by atoms with Crippen molar-refractivity contribution in [3.63, 3.8) is 0 Å². The van der Waals surface area contributed by atoms with E-state index < -0.39 is 0 Å². The van der Waals surface area contributed by atoms with E-state index in [-0.39, 0.29) is 6.04 Å². The zero-order valence-electron chi connectivity index (χ0n) is 11.2. The summed E-state index contributed by atoms with van der Waals surface area (Å²) in [6.45, 7) is 6.47. The molecule has 3 aromatic rings. The lowest BCUT2D eigenvalue weighted by Crippen LogP contribution is -2.09. The van der Waals surface area contributed by atoms with Gasteiger partial charge in [0.25, 0.3) is 0 Å². The van der Waals surface area contributed by atoms with Crippen LogP contribution in [-0.4, -0.2) is 14.6 Å². The van der Waals surface area contributed by atoms with Gasteiger partial charge in [-0.25, -0.2) is 9.50 Å². The van der Waals surface area contributed by atoms with E-state index in [9.17, 15) is 0 Å². The van der Waals surface area contributed by atoms with E-state index in [1.807, 2.05) is 28.1 Å². The van der Waals surface area contributed by atoms with E-state index in [4.69, 9.17) is 0 Å². The third kappa shape index (κ3) is 2.21. The number of anilines is 1. The van der Waals surface area contributed by atoms with Gasteiger partial charge in [-0.1, -0.05) is 0 Å². The lowest BCUT2D eigenvalue weighted by Gasteiger charge is -2.15. The molecule has 3 rings (SSSR count). The fourth-order valence-electron chi connectivity index (χ4n) is 2.33. The number of aromatic nitrogens is 3. The first-order valence-corrected chi connectivity index (χ1v) is 7.08. The fraction of sp³-hybridized carbons (Fsp3) is 0.286. The number of rotatable bonds is 3. The van der Waals surface area contributed by atoms with Gasteiger partial charge < -0.3 is 5.32 Å². The van der Waals surface area contributed by atoms with Crippen molar-refractivity contribution in [2.24, 2.45) is 0 Å². The molecule has 0 saturated heterocycles. The number of nitrogens with one attached hydrogen (secondary N) is 1. The van der Waals surface area contributed by atoms with Gasteiger partial charge in [-0.05, 0) is 38.5 Å². The number of hydrogen-bond acceptors (Lipinski definition) is 4. The largest absolute Gasteiger partial charge is 0.362 e. The van der Waals surface area contributed by atoms with Crippen LogP contribution in [-0.2, 0) is 0 Å². The van der Waals surface area contributed by atoms with Gasteiger partial charge in [0.15, 0.2) is 5.82 Å². The summed E-state index contributed by atoms with van der Waals surface area (Å²) in [4.78, 5) is 7.12. The van der Waals surface area contributed by atoms with Crippen LogP contribution < -0.4 is 5.32 Å². The molecule has 5 heteroatoms. The maximum absolute atomic E-state index is 4.41. The number of nitrogens with zero attached hydrogens (tertiary/aromatic N) is 3. The molecule has 19 heavy (non-hydrogen) atoms. The second-order valence-corrected chi connectivity index (χ2v) is 6.13. The van der Waals surface area contributed by atoms with Gasteiger partial charge in [-0.2, -0.15) is 5.10 Å². The lowest BCUT2D eigenvalue weighted by atomic mass is 10.1. The molecule has 0 amide bonds. The van der Waals surface area contributed by atoms with E-state index >= 15 is 0 Å². The van der Waals surface area contributed by atoms with Crippen molar-refractivity contribution >= 4 is 22.7 Å². The van der Waals surface area contributed by atoms with Crippen LogP contribution in [0.2, 0.25) is 0 Å². The highest BCUT2D eigenvalue weighted by Crippen LogP contribution is 2.28. The topological polar surface area (TPSA) is 42.2 Å². The third-order valence-corrected chi connectivity index (χ3v) is 4.21. The Bertz CT molecular complexity index is 713. The molecule has 1 N–H and O–H groups in total. The standard InChI is InChI=1S/C14H16N4S/c1-9-8-12(11(3)19-9)10(2)17-14-13-4-5-16-18(13)7-6-15-14/h4-8,10H,1-3H3,(H,15,17). The van der Waals surface area contributed by atoms with Crippen molar-refractivity contribution in [2.45, 2.75) is 26.8 Å². The molecule has 3 aromatic heterocycles. The summed E-state index contributed by atoms with van der Waals surface area (Å²) < 4.78 is 1.83.